The number of nitro groups is 1. The number of pyridine rings is 1. The molecule has 0 aromatic carbocycles. The van der Waals surface area contributed by atoms with Crippen molar-refractivity contribution in [2.45, 2.75) is 20.4 Å². The Morgan fingerprint density at radius 3 is 2.76 bits per heavy atom. The van der Waals surface area contributed by atoms with Crippen LogP contribution in [0.4, 0.5) is 11.5 Å². The maximum absolute atomic E-state index is 11.2. The molecule has 8 heteroatoms. The molecule has 112 valence electrons. The first-order valence-corrected chi connectivity index (χ1v) is 7.22. The average molecular weight is 308 g/mol. The van der Waals surface area contributed by atoms with Crippen molar-refractivity contribution in [3.8, 4) is 5.88 Å². The van der Waals surface area contributed by atoms with Gasteiger partial charge in [-0.05, 0) is 13.8 Å². The number of methoxy groups -OCH3 is 1. The smallest absolute Gasteiger partial charge is 0.311 e. The second kappa shape index (κ2) is 6.49. The van der Waals surface area contributed by atoms with Crippen LogP contribution in [0.2, 0.25) is 0 Å². The Balaban J connectivity index is 2.37. The molecule has 0 aliphatic carbocycles. The van der Waals surface area contributed by atoms with E-state index in [0.29, 0.717) is 24.8 Å². The minimum Gasteiger partial charge on any atom is -0.481 e. The molecule has 2 aromatic rings. The highest BCUT2D eigenvalue weighted by atomic mass is 32.1. The Bertz CT molecular complexity index is 644. The Kier molecular flexibility index (Phi) is 4.69. The molecule has 7 nitrogen and oxygen atoms in total. The van der Waals surface area contributed by atoms with Crippen molar-refractivity contribution in [1.82, 2.24) is 9.97 Å². The highest BCUT2D eigenvalue weighted by Crippen LogP contribution is 2.30. The monoisotopic (exact) mass is 308 g/mol. The van der Waals surface area contributed by atoms with Crippen LogP contribution in [0, 0.1) is 17.0 Å². The van der Waals surface area contributed by atoms with Crippen molar-refractivity contribution < 1.29 is 9.66 Å². The number of thiazole rings is 1. The van der Waals surface area contributed by atoms with Crippen LogP contribution in [0.5, 0.6) is 5.88 Å². The fraction of sp³-hybridized carbons (Fsp3) is 0.385. The van der Waals surface area contributed by atoms with Crippen molar-refractivity contribution >= 4 is 22.8 Å². The van der Waals surface area contributed by atoms with Gasteiger partial charge in [0.25, 0.3) is 0 Å². The summed E-state index contributed by atoms with van der Waals surface area (Å²) in [7, 11) is 1.49. The van der Waals surface area contributed by atoms with E-state index in [-0.39, 0.29) is 5.69 Å². The quantitative estimate of drug-likeness (QED) is 0.603. The minimum absolute atomic E-state index is 0.0288. The second-order valence-corrected chi connectivity index (χ2v) is 5.63. The Labute approximate surface area is 126 Å². The molecule has 21 heavy (non-hydrogen) atoms. The molecule has 0 bridgehead atoms. The summed E-state index contributed by atoms with van der Waals surface area (Å²) in [6.07, 6.45) is 1.79. The summed E-state index contributed by atoms with van der Waals surface area (Å²) in [5, 5.41) is 12.2. The van der Waals surface area contributed by atoms with Gasteiger partial charge in [0.2, 0.25) is 11.7 Å². The van der Waals surface area contributed by atoms with E-state index < -0.39 is 4.92 Å². The third-order valence-electron chi connectivity index (χ3n) is 2.93. The molecule has 0 fully saturated rings. The van der Waals surface area contributed by atoms with Gasteiger partial charge in [0.1, 0.15) is 0 Å². The van der Waals surface area contributed by atoms with Crippen LogP contribution in [0.3, 0.4) is 0 Å². The Morgan fingerprint density at radius 2 is 2.24 bits per heavy atom. The lowest BCUT2D eigenvalue weighted by Gasteiger charge is -2.21. The standard InChI is InChI=1S/C13H16N4O3S/c1-4-16(8-10-7-14-9(2)21-10)13-11(17(18)19)5-6-12(15-13)20-3/h5-7H,4,8H2,1-3H3. The Morgan fingerprint density at radius 1 is 1.48 bits per heavy atom. The normalized spacial score (nSPS) is 10.4. The van der Waals surface area contributed by atoms with E-state index in [1.165, 1.54) is 19.2 Å². The summed E-state index contributed by atoms with van der Waals surface area (Å²) in [5.41, 5.74) is -0.0288. The lowest BCUT2D eigenvalue weighted by Crippen LogP contribution is -2.23. The SMILES string of the molecule is CCN(Cc1cnc(C)s1)c1nc(OC)ccc1[N+](=O)[O-]. The molecular weight excluding hydrogens is 292 g/mol. The van der Waals surface area contributed by atoms with E-state index in [1.54, 1.807) is 17.5 Å². The highest BCUT2D eigenvalue weighted by molar-refractivity contribution is 7.11. The molecule has 0 radical (unpaired) electrons. The molecule has 0 N–H and O–H groups in total. The number of aryl methyl sites for hydroxylation is 1. The van der Waals surface area contributed by atoms with E-state index in [9.17, 15) is 10.1 Å². The first-order valence-electron chi connectivity index (χ1n) is 6.40. The zero-order valence-corrected chi connectivity index (χ0v) is 12.9. The van der Waals surface area contributed by atoms with Crippen LogP contribution >= 0.6 is 11.3 Å². The molecule has 0 unspecified atom stereocenters. The number of hydrogen-bond acceptors (Lipinski definition) is 7. The van der Waals surface area contributed by atoms with Crippen molar-refractivity contribution in [3.63, 3.8) is 0 Å². The number of ether oxygens (including phenoxy) is 1. The number of rotatable bonds is 6. The molecule has 0 amide bonds. The van der Waals surface area contributed by atoms with E-state index in [4.69, 9.17) is 4.74 Å². The van der Waals surface area contributed by atoms with Gasteiger partial charge in [0, 0.05) is 29.8 Å². The lowest BCUT2D eigenvalue weighted by molar-refractivity contribution is -0.384. The molecular formula is C13H16N4O3S. The van der Waals surface area contributed by atoms with Gasteiger partial charge in [-0.3, -0.25) is 10.1 Å². The fourth-order valence-electron chi connectivity index (χ4n) is 1.92. The molecule has 0 aliphatic heterocycles. The second-order valence-electron chi connectivity index (χ2n) is 4.31. The molecule has 2 aromatic heterocycles. The predicted molar refractivity (Wildman–Crippen MR) is 81.0 cm³/mol. The third kappa shape index (κ3) is 3.46. The van der Waals surface area contributed by atoms with Crippen LogP contribution in [0.15, 0.2) is 18.3 Å². The van der Waals surface area contributed by atoms with Gasteiger partial charge in [-0.1, -0.05) is 0 Å². The largest absolute Gasteiger partial charge is 0.481 e. The van der Waals surface area contributed by atoms with Crippen LogP contribution in [-0.4, -0.2) is 28.5 Å². The number of anilines is 1. The van der Waals surface area contributed by atoms with E-state index in [1.807, 2.05) is 18.7 Å². The summed E-state index contributed by atoms with van der Waals surface area (Å²) in [5.74, 6) is 0.669. The zero-order chi connectivity index (χ0) is 15.4. The molecule has 0 spiro atoms. The summed E-state index contributed by atoms with van der Waals surface area (Å²) in [6.45, 7) is 4.98. The van der Waals surface area contributed by atoms with Gasteiger partial charge in [0.05, 0.1) is 23.6 Å². The molecule has 2 rings (SSSR count). The third-order valence-corrected chi connectivity index (χ3v) is 3.83. The fourth-order valence-corrected chi connectivity index (χ4v) is 2.73. The summed E-state index contributed by atoms with van der Waals surface area (Å²) >= 11 is 1.57. The topological polar surface area (TPSA) is 81.4 Å². The highest BCUT2D eigenvalue weighted by Gasteiger charge is 2.22. The van der Waals surface area contributed by atoms with Crippen molar-refractivity contribution in [2.24, 2.45) is 0 Å². The molecule has 0 atom stereocenters. The molecule has 0 aliphatic rings. The minimum atomic E-state index is -0.428. The molecule has 2 heterocycles. The summed E-state index contributed by atoms with van der Waals surface area (Å²) < 4.78 is 5.07. The Hall–Kier alpha value is -2.22. The lowest BCUT2D eigenvalue weighted by atomic mass is 10.3. The van der Waals surface area contributed by atoms with Crippen LogP contribution < -0.4 is 9.64 Å². The van der Waals surface area contributed by atoms with Crippen molar-refractivity contribution in [1.29, 1.82) is 0 Å². The van der Waals surface area contributed by atoms with E-state index in [0.717, 1.165) is 9.88 Å². The van der Waals surface area contributed by atoms with Gasteiger partial charge in [0.15, 0.2) is 0 Å². The number of nitrogens with zero attached hydrogens (tertiary/aromatic N) is 4. The van der Waals surface area contributed by atoms with Gasteiger partial charge >= 0.3 is 5.69 Å². The summed E-state index contributed by atoms with van der Waals surface area (Å²) in [4.78, 5) is 22.1. The van der Waals surface area contributed by atoms with Gasteiger partial charge in [-0.2, -0.15) is 4.98 Å². The number of aromatic nitrogens is 2. The maximum atomic E-state index is 11.2. The van der Waals surface area contributed by atoms with Gasteiger partial charge < -0.3 is 9.64 Å². The average Bonchev–Trinajstić information content (AvgIpc) is 2.89. The zero-order valence-electron chi connectivity index (χ0n) is 12.1. The van der Waals surface area contributed by atoms with Crippen molar-refractivity contribution in [2.75, 3.05) is 18.6 Å². The number of hydrogen-bond donors (Lipinski definition) is 0. The van der Waals surface area contributed by atoms with Gasteiger partial charge in [-0.25, -0.2) is 4.98 Å². The van der Waals surface area contributed by atoms with Crippen LogP contribution in [-0.2, 0) is 6.54 Å². The van der Waals surface area contributed by atoms with E-state index in [2.05, 4.69) is 9.97 Å². The summed E-state index contributed by atoms with van der Waals surface area (Å²) in [6, 6.07) is 2.91. The molecule has 0 saturated heterocycles. The van der Waals surface area contributed by atoms with Crippen LogP contribution in [0.1, 0.15) is 16.8 Å². The first-order chi connectivity index (χ1) is 10.0. The first kappa shape index (κ1) is 15.2. The van der Waals surface area contributed by atoms with Crippen molar-refractivity contribution in [3.05, 3.63) is 38.3 Å². The molecule has 0 saturated carbocycles. The predicted octanol–water partition coefficient (Wildman–Crippen LogP) is 2.79. The maximum Gasteiger partial charge on any atom is 0.311 e. The van der Waals surface area contributed by atoms with Crippen LogP contribution in [0.25, 0.3) is 0 Å². The van der Waals surface area contributed by atoms with E-state index >= 15 is 0 Å². The van der Waals surface area contributed by atoms with Gasteiger partial charge in [-0.15, -0.1) is 11.3 Å².